The Hall–Kier alpha value is -2.02. The monoisotopic (exact) mass is 500 g/mol. The van der Waals surface area contributed by atoms with Crippen molar-refractivity contribution in [1.29, 1.82) is 10.8 Å². The van der Waals surface area contributed by atoms with E-state index in [0.717, 1.165) is 24.0 Å². The molecule has 0 heterocycles. The number of benzene rings is 1. The lowest BCUT2D eigenvalue weighted by molar-refractivity contribution is 0.508. The lowest BCUT2D eigenvalue weighted by Crippen LogP contribution is -1.95. The molecule has 0 atom stereocenters. The van der Waals surface area contributed by atoms with Gasteiger partial charge in [-0.1, -0.05) is 142 Å². The lowest BCUT2D eigenvalue weighted by Gasteiger charge is -2.10. The molecule has 0 aliphatic carbocycles. The Kier molecular flexibility index (Phi) is 29.3. The SMILES string of the molecule is CC(C)CCCCCCCCCc1ccccc1CCCCCCCCCC(C)C.N=C=O.N=C=O. The second kappa shape index (κ2) is 29.2. The van der Waals surface area contributed by atoms with Crippen molar-refractivity contribution in [2.45, 2.75) is 143 Å². The Morgan fingerprint density at radius 1 is 0.528 bits per heavy atom. The molecule has 0 amide bonds. The topological polar surface area (TPSA) is 81.8 Å². The van der Waals surface area contributed by atoms with Gasteiger partial charge in [-0.15, -0.1) is 0 Å². The van der Waals surface area contributed by atoms with Gasteiger partial charge in [-0.2, -0.15) is 0 Å². The predicted octanol–water partition coefficient (Wildman–Crippen LogP) is 10.1. The Balaban J connectivity index is 0. The molecule has 0 aliphatic heterocycles. The molecule has 206 valence electrons. The first-order valence-corrected chi connectivity index (χ1v) is 14.6. The molecule has 0 aromatic heterocycles. The number of hydrogen-bond donors (Lipinski definition) is 2. The van der Waals surface area contributed by atoms with Crippen molar-refractivity contribution >= 4 is 12.2 Å². The Labute approximate surface area is 223 Å². The summed E-state index contributed by atoms with van der Waals surface area (Å²) in [5.41, 5.74) is 3.26. The highest BCUT2D eigenvalue weighted by Crippen LogP contribution is 2.18. The third kappa shape index (κ3) is 28.2. The molecule has 0 radical (unpaired) electrons. The molecule has 4 nitrogen and oxygen atoms in total. The minimum atomic E-state index is 0.750. The number of aryl methyl sites for hydroxylation is 2. The normalized spacial score (nSPS) is 10.2. The van der Waals surface area contributed by atoms with Crippen LogP contribution in [-0.4, -0.2) is 12.2 Å². The molecule has 4 heteroatoms. The van der Waals surface area contributed by atoms with Crippen LogP contribution in [0.3, 0.4) is 0 Å². The second-order valence-electron chi connectivity index (χ2n) is 10.8. The molecule has 0 spiro atoms. The van der Waals surface area contributed by atoms with Crippen LogP contribution in [0.4, 0.5) is 0 Å². The largest absolute Gasteiger partial charge is 0.231 e. The number of carbonyl (C=O) groups excluding carboxylic acids is 2. The maximum atomic E-state index is 8.35. The fourth-order valence-corrected chi connectivity index (χ4v) is 4.55. The van der Waals surface area contributed by atoms with Gasteiger partial charge in [0.05, 0.1) is 0 Å². The summed E-state index contributed by atoms with van der Waals surface area (Å²) < 4.78 is 0. The van der Waals surface area contributed by atoms with Crippen molar-refractivity contribution in [3.8, 4) is 0 Å². The highest BCUT2D eigenvalue weighted by Gasteiger charge is 2.03. The second-order valence-corrected chi connectivity index (χ2v) is 10.8. The molecule has 0 unspecified atom stereocenters. The molecule has 0 bridgehead atoms. The first-order chi connectivity index (χ1) is 17.4. The van der Waals surface area contributed by atoms with Crippen LogP contribution in [0.2, 0.25) is 0 Å². The molecule has 0 saturated heterocycles. The van der Waals surface area contributed by atoms with E-state index in [0.29, 0.717) is 0 Å². The molecule has 1 rings (SSSR count). The fraction of sp³-hybridized carbons (Fsp3) is 0.750. The summed E-state index contributed by atoms with van der Waals surface area (Å²) in [4.78, 5) is 16.7. The molecule has 1 aromatic rings. The molecule has 0 aliphatic rings. The zero-order chi connectivity index (χ0) is 27.3. The van der Waals surface area contributed by atoms with Crippen molar-refractivity contribution < 1.29 is 9.59 Å². The van der Waals surface area contributed by atoms with Crippen molar-refractivity contribution in [1.82, 2.24) is 0 Å². The van der Waals surface area contributed by atoms with Crippen molar-refractivity contribution in [3.05, 3.63) is 35.4 Å². The quantitative estimate of drug-likeness (QED) is 0.106. The zero-order valence-electron chi connectivity index (χ0n) is 24.0. The molecule has 2 N–H and O–H groups in total. The minimum absolute atomic E-state index is 0.750. The van der Waals surface area contributed by atoms with Gasteiger partial charge in [-0.25, -0.2) is 20.4 Å². The van der Waals surface area contributed by atoms with E-state index in [1.54, 1.807) is 11.1 Å². The highest BCUT2D eigenvalue weighted by molar-refractivity contribution is 5.27. The summed E-state index contributed by atoms with van der Waals surface area (Å²) in [6.45, 7) is 9.36. The number of nitrogens with one attached hydrogen (secondary N) is 2. The van der Waals surface area contributed by atoms with Gasteiger partial charge in [0, 0.05) is 0 Å². The summed E-state index contributed by atoms with van der Waals surface area (Å²) in [6.07, 6.45) is 26.9. The summed E-state index contributed by atoms with van der Waals surface area (Å²) in [6, 6.07) is 9.25. The summed E-state index contributed by atoms with van der Waals surface area (Å²) >= 11 is 0. The van der Waals surface area contributed by atoms with Crippen LogP contribution in [0.1, 0.15) is 142 Å². The molecular formula is C32H56N2O2. The zero-order valence-corrected chi connectivity index (χ0v) is 24.0. The molecule has 0 fully saturated rings. The van der Waals surface area contributed by atoms with Gasteiger partial charge in [-0.05, 0) is 48.6 Å². The first kappa shape index (κ1) is 36.1. The van der Waals surface area contributed by atoms with Crippen molar-refractivity contribution in [2.24, 2.45) is 11.8 Å². The molecule has 1 aromatic carbocycles. The molecule has 0 saturated carbocycles. The standard InChI is InChI=1S/C30H54.2CHNO/c1-27(2)21-15-11-7-5-9-13-17-23-29-25-19-20-26-30(29)24-18-14-10-6-8-12-16-22-28(3)4;2*2-1-3/h19-20,25-28H,5-18,21-24H2,1-4H3;2*2H. The number of hydrogen-bond acceptors (Lipinski definition) is 4. The predicted molar refractivity (Wildman–Crippen MR) is 154 cm³/mol. The van der Waals surface area contributed by atoms with Crippen molar-refractivity contribution in [3.63, 3.8) is 0 Å². The molecule has 36 heavy (non-hydrogen) atoms. The van der Waals surface area contributed by atoms with E-state index in [-0.39, 0.29) is 0 Å². The highest BCUT2D eigenvalue weighted by atomic mass is 16.1. The smallest absolute Gasteiger partial charge is 0.222 e. The Morgan fingerprint density at radius 2 is 0.778 bits per heavy atom. The average Bonchev–Trinajstić information content (AvgIpc) is 2.83. The van der Waals surface area contributed by atoms with Crippen LogP contribution in [-0.2, 0) is 22.4 Å². The van der Waals surface area contributed by atoms with E-state index < -0.39 is 0 Å². The van der Waals surface area contributed by atoms with Crippen molar-refractivity contribution in [2.75, 3.05) is 0 Å². The lowest BCUT2D eigenvalue weighted by atomic mass is 9.96. The fourth-order valence-electron chi connectivity index (χ4n) is 4.55. The third-order valence-corrected chi connectivity index (χ3v) is 6.57. The number of rotatable bonds is 20. The van der Waals surface area contributed by atoms with Gasteiger partial charge in [-0.3, -0.25) is 0 Å². The average molecular weight is 501 g/mol. The van der Waals surface area contributed by atoms with E-state index in [1.807, 2.05) is 0 Å². The number of isocyanates is 2. The van der Waals surface area contributed by atoms with Gasteiger partial charge in [0.1, 0.15) is 0 Å². The molecular weight excluding hydrogens is 444 g/mol. The van der Waals surface area contributed by atoms with E-state index in [9.17, 15) is 0 Å². The van der Waals surface area contributed by atoms with Crippen LogP contribution in [0.15, 0.2) is 24.3 Å². The third-order valence-electron chi connectivity index (χ3n) is 6.57. The maximum Gasteiger partial charge on any atom is 0.231 e. The Bertz CT molecular complexity index is 601. The summed E-state index contributed by atoms with van der Waals surface area (Å²) in [5.74, 6) is 1.76. The van der Waals surface area contributed by atoms with Gasteiger partial charge >= 0.3 is 0 Å². The van der Waals surface area contributed by atoms with Gasteiger partial charge < -0.3 is 0 Å². The van der Waals surface area contributed by atoms with Crippen LogP contribution < -0.4 is 0 Å². The van der Waals surface area contributed by atoms with E-state index in [1.165, 1.54) is 116 Å². The summed E-state index contributed by atoms with van der Waals surface area (Å²) in [7, 11) is 0. The first-order valence-electron chi connectivity index (χ1n) is 14.6. The van der Waals surface area contributed by atoms with Crippen LogP contribution in [0.5, 0.6) is 0 Å². The van der Waals surface area contributed by atoms with E-state index in [2.05, 4.69) is 52.0 Å². The number of unbranched alkanes of at least 4 members (excludes halogenated alkanes) is 12. The van der Waals surface area contributed by atoms with E-state index in [4.69, 9.17) is 20.4 Å². The Morgan fingerprint density at radius 3 is 1.06 bits per heavy atom. The van der Waals surface area contributed by atoms with Gasteiger partial charge in [0.15, 0.2) is 0 Å². The van der Waals surface area contributed by atoms with Crippen LogP contribution in [0, 0.1) is 22.7 Å². The maximum absolute atomic E-state index is 8.35. The van der Waals surface area contributed by atoms with Gasteiger partial charge in [0.2, 0.25) is 12.2 Å². The van der Waals surface area contributed by atoms with Crippen LogP contribution >= 0.6 is 0 Å². The summed E-state index contributed by atoms with van der Waals surface area (Å²) in [5, 5.41) is 10.8. The van der Waals surface area contributed by atoms with Crippen LogP contribution in [0.25, 0.3) is 0 Å². The van der Waals surface area contributed by atoms with E-state index >= 15 is 0 Å². The van der Waals surface area contributed by atoms with Gasteiger partial charge in [0.25, 0.3) is 0 Å². The minimum Gasteiger partial charge on any atom is -0.222 e.